The van der Waals surface area contributed by atoms with Crippen molar-refractivity contribution in [3.05, 3.63) is 24.4 Å². The molecule has 120 valence electrons. The monoisotopic (exact) mass is 302 g/mol. The first-order valence-electron chi connectivity index (χ1n) is 8.45. The molecule has 1 aliphatic carbocycles. The van der Waals surface area contributed by atoms with E-state index in [9.17, 15) is 4.79 Å². The molecule has 2 atom stereocenters. The Balaban J connectivity index is 1.49. The molecule has 1 saturated carbocycles. The molecule has 22 heavy (non-hydrogen) atoms. The third-order valence-corrected chi connectivity index (χ3v) is 4.96. The second-order valence-corrected chi connectivity index (χ2v) is 6.48. The van der Waals surface area contributed by atoms with E-state index < -0.39 is 0 Å². The van der Waals surface area contributed by atoms with Crippen LogP contribution < -0.4 is 10.2 Å². The maximum atomic E-state index is 12.4. The van der Waals surface area contributed by atoms with Gasteiger partial charge in [-0.05, 0) is 30.9 Å². The fourth-order valence-corrected chi connectivity index (χ4v) is 3.46. The van der Waals surface area contributed by atoms with Gasteiger partial charge in [0, 0.05) is 38.4 Å². The standard InChI is InChI=1S/C17H26N4O/c1-14-6-2-3-7-15(14)19-17(22)21-12-10-20(11-13-21)16-8-4-5-9-18-16/h4-5,8-9,14-15H,2-3,6-7,10-13H2,1H3,(H,19,22)/t14-,15-/m1/s1. The van der Waals surface area contributed by atoms with E-state index in [1.54, 1.807) is 0 Å². The number of hydrogen-bond donors (Lipinski definition) is 1. The van der Waals surface area contributed by atoms with Crippen molar-refractivity contribution in [3.8, 4) is 0 Å². The molecule has 1 aliphatic heterocycles. The van der Waals surface area contributed by atoms with Crippen LogP contribution in [0.4, 0.5) is 10.6 Å². The van der Waals surface area contributed by atoms with Gasteiger partial charge < -0.3 is 15.1 Å². The summed E-state index contributed by atoms with van der Waals surface area (Å²) in [5.41, 5.74) is 0. The van der Waals surface area contributed by atoms with Crippen molar-refractivity contribution in [2.45, 2.75) is 38.6 Å². The van der Waals surface area contributed by atoms with Crippen molar-refractivity contribution in [2.24, 2.45) is 5.92 Å². The van der Waals surface area contributed by atoms with Crippen molar-refractivity contribution in [3.63, 3.8) is 0 Å². The predicted molar refractivity (Wildman–Crippen MR) is 88.0 cm³/mol. The lowest BCUT2D eigenvalue weighted by Crippen LogP contribution is -2.54. The van der Waals surface area contributed by atoms with Crippen LogP contribution >= 0.6 is 0 Å². The van der Waals surface area contributed by atoms with E-state index in [1.807, 2.05) is 29.3 Å². The molecule has 0 spiro atoms. The fraction of sp³-hybridized carbons (Fsp3) is 0.647. The lowest BCUT2D eigenvalue weighted by molar-refractivity contribution is 0.179. The molecular weight excluding hydrogens is 276 g/mol. The molecule has 1 aromatic heterocycles. The fourth-order valence-electron chi connectivity index (χ4n) is 3.46. The Morgan fingerprint density at radius 2 is 1.95 bits per heavy atom. The molecule has 3 rings (SSSR count). The van der Waals surface area contributed by atoms with E-state index in [-0.39, 0.29) is 6.03 Å². The van der Waals surface area contributed by atoms with Crippen LogP contribution in [0.5, 0.6) is 0 Å². The zero-order valence-corrected chi connectivity index (χ0v) is 13.4. The summed E-state index contributed by atoms with van der Waals surface area (Å²) in [6.45, 7) is 5.49. The summed E-state index contributed by atoms with van der Waals surface area (Å²) in [4.78, 5) is 21.0. The Bertz CT molecular complexity index is 485. The number of piperazine rings is 1. The first-order valence-corrected chi connectivity index (χ1v) is 8.45. The minimum Gasteiger partial charge on any atom is -0.353 e. The number of aromatic nitrogens is 1. The van der Waals surface area contributed by atoms with Crippen molar-refractivity contribution in [1.82, 2.24) is 15.2 Å². The predicted octanol–water partition coefficient (Wildman–Crippen LogP) is 2.49. The van der Waals surface area contributed by atoms with Gasteiger partial charge in [0.15, 0.2) is 0 Å². The smallest absolute Gasteiger partial charge is 0.317 e. The second-order valence-electron chi connectivity index (χ2n) is 6.48. The Morgan fingerprint density at radius 1 is 1.18 bits per heavy atom. The van der Waals surface area contributed by atoms with Crippen LogP contribution in [0.2, 0.25) is 0 Å². The van der Waals surface area contributed by atoms with Crippen LogP contribution in [-0.4, -0.2) is 48.1 Å². The number of pyridine rings is 1. The van der Waals surface area contributed by atoms with E-state index >= 15 is 0 Å². The Morgan fingerprint density at radius 3 is 2.64 bits per heavy atom. The van der Waals surface area contributed by atoms with Gasteiger partial charge >= 0.3 is 6.03 Å². The normalized spacial score (nSPS) is 25.9. The van der Waals surface area contributed by atoms with Crippen molar-refractivity contribution in [2.75, 3.05) is 31.1 Å². The number of rotatable bonds is 2. The van der Waals surface area contributed by atoms with Crippen LogP contribution in [0.3, 0.4) is 0 Å². The summed E-state index contributed by atoms with van der Waals surface area (Å²) in [6, 6.07) is 6.43. The summed E-state index contributed by atoms with van der Waals surface area (Å²) in [6.07, 6.45) is 6.72. The molecule has 5 nitrogen and oxygen atoms in total. The molecule has 2 fully saturated rings. The molecule has 0 aromatic carbocycles. The van der Waals surface area contributed by atoms with Gasteiger partial charge in [0.05, 0.1) is 0 Å². The van der Waals surface area contributed by atoms with Gasteiger partial charge in [0.25, 0.3) is 0 Å². The average molecular weight is 302 g/mol. The average Bonchev–Trinajstić information content (AvgIpc) is 2.58. The summed E-state index contributed by atoms with van der Waals surface area (Å²) >= 11 is 0. The van der Waals surface area contributed by atoms with Gasteiger partial charge in [-0.15, -0.1) is 0 Å². The molecule has 1 aromatic rings. The minimum atomic E-state index is 0.111. The summed E-state index contributed by atoms with van der Waals surface area (Å²) in [5, 5.41) is 3.25. The maximum absolute atomic E-state index is 12.4. The third-order valence-electron chi connectivity index (χ3n) is 4.96. The topological polar surface area (TPSA) is 48.5 Å². The van der Waals surface area contributed by atoms with Gasteiger partial charge in [-0.25, -0.2) is 9.78 Å². The van der Waals surface area contributed by atoms with Crippen LogP contribution in [-0.2, 0) is 0 Å². The SMILES string of the molecule is C[C@@H]1CCCC[C@H]1NC(=O)N1CCN(c2ccccn2)CC1. The highest BCUT2D eigenvalue weighted by Crippen LogP contribution is 2.24. The Labute approximate surface area is 132 Å². The van der Waals surface area contributed by atoms with E-state index in [4.69, 9.17) is 0 Å². The van der Waals surface area contributed by atoms with Gasteiger partial charge in [-0.1, -0.05) is 25.8 Å². The van der Waals surface area contributed by atoms with Crippen LogP contribution in [0.15, 0.2) is 24.4 Å². The number of anilines is 1. The third kappa shape index (κ3) is 3.51. The number of nitrogens with zero attached hydrogens (tertiary/aromatic N) is 3. The highest BCUT2D eigenvalue weighted by molar-refractivity contribution is 5.75. The first-order chi connectivity index (χ1) is 10.7. The first kappa shape index (κ1) is 15.1. The molecule has 1 N–H and O–H groups in total. The van der Waals surface area contributed by atoms with Gasteiger partial charge in [0.1, 0.15) is 5.82 Å². The molecule has 5 heteroatoms. The number of carbonyl (C=O) groups is 1. The summed E-state index contributed by atoms with van der Waals surface area (Å²) in [5.74, 6) is 1.61. The highest BCUT2D eigenvalue weighted by atomic mass is 16.2. The zero-order valence-electron chi connectivity index (χ0n) is 13.4. The Kier molecular flexibility index (Phi) is 4.80. The molecule has 2 amide bonds. The largest absolute Gasteiger partial charge is 0.353 e. The van der Waals surface area contributed by atoms with Crippen molar-refractivity contribution >= 4 is 11.8 Å². The van der Waals surface area contributed by atoms with E-state index in [2.05, 4.69) is 22.1 Å². The number of carbonyl (C=O) groups excluding carboxylic acids is 1. The van der Waals surface area contributed by atoms with Gasteiger partial charge in [0.2, 0.25) is 0 Å². The van der Waals surface area contributed by atoms with E-state index in [0.29, 0.717) is 12.0 Å². The zero-order chi connectivity index (χ0) is 15.4. The minimum absolute atomic E-state index is 0.111. The lowest BCUT2D eigenvalue weighted by atomic mass is 9.86. The summed E-state index contributed by atoms with van der Waals surface area (Å²) in [7, 11) is 0. The second kappa shape index (κ2) is 6.99. The number of amides is 2. The number of hydrogen-bond acceptors (Lipinski definition) is 3. The van der Waals surface area contributed by atoms with Crippen molar-refractivity contribution in [1.29, 1.82) is 0 Å². The van der Waals surface area contributed by atoms with Gasteiger partial charge in [-0.3, -0.25) is 0 Å². The Hall–Kier alpha value is -1.78. The van der Waals surface area contributed by atoms with E-state index in [1.165, 1.54) is 19.3 Å². The van der Waals surface area contributed by atoms with Crippen LogP contribution in [0.25, 0.3) is 0 Å². The molecular formula is C17H26N4O. The molecule has 0 bridgehead atoms. The quantitative estimate of drug-likeness (QED) is 0.913. The molecule has 0 unspecified atom stereocenters. The highest BCUT2D eigenvalue weighted by Gasteiger charge is 2.27. The van der Waals surface area contributed by atoms with E-state index in [0.717, 1.165) is 38.4 Å². The van der Waals surface area contributed by atoms with Crippen molar-refractivity contribution < 1.29 is 4.79 Å². The summed E-state index contributed by atoms with van der Waals surface area (Å²) < 4.78 is 0. The van der Waals surface area contributed by atoms with Gasteiger partial charge in [-0.2, -0.15) is 0 Å². The number of urea groups is 1. The molecule has 2 aliphatic rings. The molecule has 2 heterocycles. The lowest BCUT2D eigenvalue weighted by Gasteiger charge is -2.37. The maximum Gasteiger partial charge on any atom is 0.317 e. The van der Waals surface area contributed by atoms with Crippen LogP contribution in [0.1, 0.15) is 32.6 Å². The molecule has 1 saturated heterocycles. The molecule has 0 radical (unpaired) electrons. The van der Waals surface area contributed by atoms with Crippen LogP contribution in [0, 0.1) is 5.92 Å². The number of nitrogens with one attached hydrogen (secondary N) is 1.